The highest BCUT2D eigenvalue weighted by Gasteiger charge is 2.33. The average Bonchev–Trinajstić information content (AvgIpc) is 3.25. The van der Waals surface area contributed by atoms with Crippen molar-refractivity contribution in [1.82, 2.24) is 0 Å². The number of hydrogen-bond donors (Lipinski definition) is 0. The van der Waals surface area contributed by atoms with E-state index in [0.29, 0.717) is 12.1 Å². The number of hydrogen-bond acceptors (Lipinski definition) is 7. The number of anilines is 1. The summed E-state index contributed by atoms with van der Waals surface area (Å²) in [6, 6.07) is 16.0. The lowest BCUT2D eigenvalue weighted by Crippen LogP contribution is -2.29. The lowest BCUT2D eigenvalue weighted by Gasteiger charge is -2.18. The van der Waals surface area contributed by atoms with Gasteiger partial charge in [0.2, 0.25) is 0 Å². The van der Waals surface area contributed by atoms with Crippen LogP contribution in [0.5, 0.6) is 11.5 Å². The highest BCUT2D eigenvalue weighted by atomic mass is 16.6. The fraction of sp³-hybridized carbons (Fsp3) is 0.174. The third-order valence-corrected chi connectivity index (χ3v) is 5.37. The molecule has 1 heterocycles. The van der Waals surface area contributed by atoms with Gasteiger partial charge < -0.3 is 14.4 Å². The highest BCUT2D eigenvalue weighted by Crippen LogP contribution is 2.38. The summed E-state index contributed by atoms with van der Waals surface area (Å²) in [7, 11) is 1.37. The number of nitro benzene ring substituents is 2. The van der Waals surface area contributed by atoms with Gasteiger partial charge in [0.15, 0.2) is 11.5 Å². The number of rotatable bonds is 7. The molecule has 1 aliphatic rings. The third-order valence-electron chi connectivity index (χ3n) is 5.37. The van der Waals surface area contributed by atoms with Crippen LogP contribution in [-0.4, -0.2) is 29.4 Å². The second kappa shape index (κ2) is 8.95. The molecule has 10 nitrogen and oxygen atoms in total. The largest absolute Gasteiger partial charge is 0.493 e. The van der Waals surface area contributed by atoms with Crippen molar-refractivity contribution in [3.63, 3.8) is 0 Å². The van der Waals surface area contributed by atoms with E-state index < -0.39 is 21.4 Å². The molecule has 3 aromatic rings. The molecule has 1 aliphatic heterocycles. The van der Waals surface area contributed by atoms with Gasteiger partial charge in [-0.15, -0.1) is 0 Å². The maximum absolute atomic E-state index is 13.3. The Morgan fingerprint density at radius 3 is 2.42 bits per heavy atom. The Hall–Kier alpha value is -4.47. The van der Waals surface area contributed by atoms with E-state index in [0.717, 1.165) is 11.1 Å². The summed E-state index contributed by atoms with van der Waals surface area (Å²) in [6.07, 6.45) is 0.488. The van der Waals surface area contributed by atoms with Crippen LogP contribution in [0.3, 0.4) is 0 Å². The minimum atomic E-state index is -0.660. The van der Waals surface area contributed by atoms with Crippen LogP contribution in [-0.2, 0) is 13.0 Å². The number of methoxy groups -OCH3 is 1. The predicted molar refractivity (Wildman–Crippen MR) is 119 cm³/mol. The minimum Gasteiger partial charge on any atom is -0.493 e. The molecule has 0 radical (unpaired) electrons. The van der Waals surface area contributed by atoms with E-state index in [1.807, 2.05) is 30.3 Å². The quantitative estimate of drug-likeness (QED) is 0.389. The molecular formula is C23H19N3O7. The molecule has 0 saturated heterocycles. The number of nitro groups is 2. The molecule has 3 aromatic carbocycles. The Balaban J connectivity index is 1.69. The van der Waals surface area contributed by atoms with Crippen LogP contribution in [0.15, 0.2) is 60.7 Å². The second-order valence-electron chi connectivity index (χ2n) is 7.33. The predicted octanol–water partition coefficient (Wildman–Crippen LogP) is 4.29. The fourth-order valence-corrected chi connectivity index (χ4v) is 3.72. The molecule has 0 aromatic heterocycles. The van der Waals surface area contributed by atoms with Crippen molar-refractivity contribution >= 4 is 23.0 Å². The van der Waals surface area contributed by atoms with Crippen molar-refractivity contribution < 1.29 is 24.1 Å². The van der Waals surface area contributed by atoms with Crippen LogP contribution in [0.1, 0.15) is 21.5 Å². The van der Waals surface area contributed by atoms with Gasteiger partial charge in [-0.25, -0.2) is 0 Å². The maximum atomic E-state index is 13.3. The first-order valence-electron chi connectivity index (χ1n) is 10.0. The summed E-state index contributed by atoms with van der Waals surface area (Å²) < 4.78 is 11.1. The molecule has 0 fully saturated rings. The molecule has 168 valence electrons. The van der Waals surface area contributed by atoms with Crippen molar-refractivity contribution in [2.75, 3.05) is 18.6 Å². The van der Waals surface area contributed by atoms with Crippen molar-refractivity contribution in [3.05, 3.63) is 97.6 Å². The number of nitrogens with zero attached hydrogens (tertiary/aromatic N) is 3. The summed E-state index contributed by atoms with van der Waals surface area (Å²) in [6.45, 7) is 0.409. The van der Waals surface area contributed by atoms with Gasteiger partial charge >= 0.3 is 0 Å². The normalized spacial score (nSPS) is 12.2. The standard InChI is InChI=1S/C23H19N3O7/c1-32-21-12-18(20(26(30)31)13-22(21)33-14-15-5-3-2-4-6-15)23(27)24-10-9-16-7-8-17(25(28)29)11-19(16)24/h2-8,11-13H,9-10,14H2,1H3. The van der Waals surface area contributed by atoms with Crippen LogP contribution in [0.4, 0.5) is 17.1 Å². The zero-order chi connectivity index (χ0) is 23.5. The number of fused-ring (bicyclic) bond motifs is 1. The Labute approximate surface area is 188 Å². The van der Waals surface area contributed by atoms with E-state index in [9.17, 15) is 25.0 Å². The van der Waals surface area contributed by atoms with E-state index in [1.165, 1.54) is 36.3 Å². The van der Waals surface area contributed by atoms with Gasteiger partial charge in [-0.1, -0.05) is 36.4 Å². The molecule has 0 saturated carbocycles. The van der Waals surface area contributed by atoms with Gasteiger partial charge in [0, 0.05) is 24.7 Å². The van der Waals surface area contributed by atoms with Crippen LogP contribution in [0, 0.1) is 20.2 Å². The number of ether oxygens (including phenoxy) is 2. The zero-order valence-corrected chi connectivity index (χ0v) is 17.6. The van der Waals surface area contributed by atoms with E-state index in [-0.39, 0.29) is 35.9 Å². The SMILES string of the molecule is COc1cc(C(=O)N2CCc3ccc([N+](=O)[O-])cc32)c([N+](=O)[O-])cc1OCc1ccccc1. The van der Waals surface area contributed by atoms with Gasteiger partial charge in [0.05, 0.1) is 28.7 Å². The molecule has 0 spiro atoms. The number of benzene rings is 3. The second-order valence-corrected chi connectivity index (χ2v) is 7.33. The molecule has 4 rings (SSSR count). The first-order chi connectivity index (χ1) is 15.9. The van der Waals surface area contributed by atoms with Crippen molar-refractivity contribution in [2.45, 2.75) is 13.0 Å². The van der Waals surface area contributed by atoms with E-state index in [1.54, 1.807) is 6.07 Å². The zero-order valence-electron chi connectivity index (χ0n) is 17.6. The van der Waals surface area contributed by atoms with Crippen LogP contribution >= 0.6 is 0 Å². The lowest BCUT2D eigenvalue weighted by atomic mass is 10.1. The maximum Gasteiger partial charge on any atom is 0.286 e. The first kappa shape index (κ1) is 21.8. The number of carbonyl (C=O) groups is 1. The Kier molecular flexibility index (Phi) is 5.90. The third kappa shape index (κ3) is 4.31. The van der Waals surface area contributed by atoms with Gasteiger partial charge in [-0.3, -0.25) is 25.0 Å². The summed E-state index contributed by atoms with van der Waals surface area (Å²) in [4.78, 5) is 36.4. The van der Waals surface area contributed by atoms with Crippen LogP contribution < -0.4 is 14.4 Å². The van der Waals surface area contributed by atoms with Gasteiger partial charge in [-0.2, -0.15) is 0 Å². The van der Waals surface area contributed by atoms with Gasteiger partial charge in [-0.05, 0) is 17.5 Å². The van der Waals surface area contributed by atoms with Crippen molar-refractivity contribution in [2.24, 2.45) is 0 Å². The monoisotopic (exact) mass is 449 g/mol. The highest BCUT2D eigenvalue weighted by molar-refractivity contribution is 6.10. The van der Waals surface area contributed by atoms with Crippen LogP contribution in [0.2, 0.25) is 0 Å². The van der Waals surface area contributed by atoms with E-state index in [2.05, 4.69) is 0 Å². The Morgan fingerprint density at radius 2 is 1.76 bits per heavy atom. The fourth-order valence-electron chi connectivity index (χ4n) is 3.72. The molecule has 1 amide bonds. The van der Waals surface area contributed by atoms with Crippen molar-refractivity contribution in [3.8, 4) is 11.5 Å². The molecule has 0 bridgehead atoms. The minimum absolute atomic E-state index is 0.127. The lowest BCUT2D eigenvalue weighted by molar-refractivity contribution is -0.385. The molecule has 0 atom stereocenters. The first-order valence-corrected chi connectivity index (χ1v) is 10.0. The summed E-state index contributed by atoms with van der Waals surface area (Å²) in [5.74, 6) is -0.353. The topological polar surface area (TPSA) is 125 Å². The molecule has 33 heavy (non-hydrogen) atoms. The molecule has 10 heteroatoms. The van der Waals surface area contributed by atoms with Gasteiger partial charge in [0.1, 0.15) is 12.2 Å². The molecule has 0 N–H and O–H groups in total. The van der Waals surface area contributed by atoms with Gasteiger partial charge in [0.25, 0.3) is 17.3 Å². The number of non-ortho nitro benzene ring substituents is 1. The van der Waals surface area contributed by atoms with Crippen molar-refractivity contribution in [1.29, 1.82) is 0 Å². The Bertz CT molecular complexity index is 1240. The van der Waals surface area contributed by atoms with Crippen LogP contribution in [0.25, 0.3) is 0 Å². The summed E-state index contributed by atoms with van der Waals surface area (Å²) in [5, 5.41) is 23.0. The van der Waals surface area contributed by atoms with E-state index in [4.69, 9.17) is 9.47 Å². The number of amides is 1. The Morgan fingerprint density at radius 1 is 1.00 bits per heavy atom. The summed E-state index contributed by atoms with van der Waals surface area (Å²) >= 11 is 0. The molecule has 0 aliphatic carbocycles. The number of carbonyl (C=O) groups excluding carboxylic acids is 1. The average molecular weight is 449 g/mol. The molecular weight excluding hydrogens is 430 g/mol. The summed E-state index contributed by atoms with van der Waals surface area (Å²) in [5.41, 5.74) is 1.19. The smallest absolute Gasteiger partial charge is 0.286 e. The molecule has 0 unspecified atom stereocenters. The van der Waals surface area contributed by atoms with E-state index >= 15 is 0 Å².